The van der Waals surface area contributed by atoms with Gasteiger partial charge in [-0.15, -0.1) is 11.3 Å². The summed E-state index contributed by atoms with van der Waals surface area (Å²) in [5.41, 5.74) is 1.81. The molecule has 17 heavy (non-hydrogen) atoms. The molecule has 5 heteroatoms. The van der Waals surface area contributed by atoms with Gasteiger partial charge in [-0.3, -0.25) is 4.68 Å². The van der Waals surface area contributed by atoms with Gasteiger partial charge in [-0.2, -0.15) is 5.10 Å². The molecule has 0 saturated carbocycles. The average molecular weight is 252 g/mol. The lowest BCUT2D eigenvalue weighted by atomic mass is 10.1. The van der Waals surface area contributed by atoms with Crippen LogP contribution in [0.5, 0.6) is 5.75 Å². The second kappa shape index (κ2) is 4.89. The zero-order valence-corrected chi connectivity index (χ0v) is 11.0. The molecule has 2 aromatic heterocycles. The van der Waals surface area contributed by atoms with E-state index in [0.717, 1.165) is 16.1 Å². The van der Waals surface area contributed by atoms with Gasteiger partial charge in [0.2, 0.25) is 0 Å². The Morgan fingerprint density at radius 3 is 2.88 bits per heavy atom. The fourth-order valence-corrected chi connectivity index (χ4v) is 2.76. The lowest BCUT2D eigenvalue weighted by Gasteiger charge is -2.13. The zero-order chi connectivity index (χ0) is 12.4. The van der Waals surface area contributed by atoms with Crippen LogP contribution in [0.2, 0.25) is 0 Å². The van der Waals surface area contributed by atoms with E-state index in [1.54, 1.807) is 29.3 Å². The Kier molecular flexibility index (Phi) is 3.49. The number of methoxy groups -OCH3 is 1. The van der Waals surface area contributed by atoms with Crippen LogP contribution in [0.3, 0.4) is 0 Å². The number of thiophene rings is 1. The van der Waals surface area contributed by atoms with Gasteiger partial charge in [-0.1, -0.05) is 0 Å². The summed E-state index contributed by atoms with van der Waals surface area (Å²) in [6, 6.07) is 2.00. The van der Waals surface area contributed by atoms with Crippen molar-refractivity contribution in [1.29, 1.82) is 0 Å². The van der Waals surface area contributed by atoms with Gasteiger partial charge >= 0.3 is 0 Å². The first-order valence-electron chi connectivity index (χ1n) is 5.50. The van der Waals surface area contributed by atoms with Crippen molar-refractivity contribution in [3.05, 3.63) is 33.8 Å². The molecule has 0 fully saturated rings. The summed E-state index contributed by atoms with van der Waals surface area (Å²) in [5.74, 6) is 0.632. The minimum absolute atomic E-state index is 0.632. The molecule has 2 rings (SSSR count). The predicted octanol–water partition coefficient (Wildman–Crippen LogP) is 2.36. The quantitative estimate of drug-likeness (QED) is 0.908. The topological polar surface area (TPSA) is 47.3 Å². The van der Waals surface area contributed by atoms with Gasteiger partial charge in [-0.05, 0) is 30.9 Å². The highest BCUT2D eigenvalue weighted by Gasteiger charge is 2.23. The normalized spacial score (nSPS) is 12.7. The highest BCUT2D eigenvalue weighted by Crippen LogP contribution is 2.34. The van der Waals surface area contributed by atoms with Crippen molar-refractivity contribution < 1.29 is 9.84 Å². The van der Waals surface area contributed by atoms with E-state index < -0.39 is 6.10 Å². The number of aliphatic hydroxyl groups excluding tert-OH is 1. The summed E-state index contributed by atoms with van der Waals surface area (Å²) < 4.78 is 7.01. The molecule has 92 valence electrons. The molecule has 2 heterocycles. The molecule has 1 N–H and O–H groups in total. The van der Waals surface area contributed by atoms with Crippen LogP contribution in [0, 0.1) is 6.92 Å². The Bertz CT molecular complexity index is 483. The SMILES string of the molecule is CCn1ncc(OC)c1C(O)c1sccc1C. The van der Waals surface area contributed by atoms with E-state index in [0.29, 0.717) is 12.3 Å². The summed E-state index contributed by atoms with van der Waals surface area (Å²) in [6.07, 6.45) is 0.970. The molecule has 0 aromatic carbocycles. The first-order chi connectivity index (χ1) is 8.19. The van der Waals surface area contributed by atoms with E-state index in [2.05, 4.69) is 5.10 Å². The Morgan fingerprint density at radius 2 is 2.35 bits per heavy atom. The summed E-state index contributed by atoms with van der Waals surface area (Å²) in [4.78, 5) is 0.943. The number of aliphatic hydroxyl groups is 1. The zero-order valence-electron chi connectivity index (χ0n) is 10.2. The number of aryl methyl sites for hydroxylation is 2. The molecule has 1 atom stereocenters. The highest BCUT2D eigenvalue weighted by molar-refractivity contribution is 7.10. The molecule has 0 aliphatic carbocycles. The fraction of sp³-hybridized carbons (Fsp3) is 0.417. The maximum Gasteiger partial charge on any atom is 0.163 e. The standard InChI is InChI=1S/C12H16N2O2S/c1-4-14-10(9(16-3)7-13-14)11(15)12-8(2)5-6-17-12/h5-7,11,15H,4H2,1-3H3. The van der Waals surface area contributed by atoms with Crippen molar-refractivity contribution in [3.8, 4) is 5.75 Å². The van der Waals surface area contributed by atoms with Crippen LogP contribution >= 0.6 is 11.3 Å². The lowest BCUT2D eigenvalue weighted by Crippen LogP contribution is -2.10. The van der Waals surface area contributed by atoms with E-state index in [1.807, 2.05) is 25.3 Å². The number of aromatic nitrogens is 2. The molecule has 1 unspecified atom stereocenters. The molecule has 0 bridgehead atoms. The van der Waals surface area contributed by atoms with Crippen molar-refractivity contribution in [2.45, 2.75) is 26.5 Å². The van der Waals surface area contributed by atoms with Crippen LogP contribution in [0.4, 0.5) is 0 Å². The second-order valence-electron chi connectivity index (χ2n) is 3.78. The van der Waals surface area contributed by atoms with Crippen molar-refractivity contribution >= 4 is 11.3 Å². The van der Waals surface area contributed by atoms with Crippen molar-refractivity contribution in [3.63, 3.8) is 0 Å². The van der Waals surface area contributed by atoms with Crippen LogP contribution in [-0.2, 0) is 6.54 Å². The van der Waals surface area contributed by atoms with Gasteiger partial charge in [0.1, 0.15) is 11.8 Å². The number of hydrogen-bond donors (Lipinski definition) is 1. The van der Waals surface area contributed by atoms with Gasteiger partial charge in [0.05, 0.1) is 13.3 Å². The Morgan fingerprint density at radius 1 is 1.59 bits per heavy atom. The molecule has 2 aromatic rings. The second-order valence-corrected chi connectivity index (χ2v) is 4.73. The third-order valence-corrected chi connectivity index (χ3v) is 3.84. The van der Waals surface area contributed by atoms with Crippen LogP contribution in [0.15, 0.2) is 17.6 Å². The van der Waals surface area contributed by atoms with Crippen molar-refractivity contribution in [2.24, 2.45) is 0 Å². The average Bonchev–Trinajstić information content (AvgIpc) is 2.93. The van der Waals surface area contributed by atoms with Gasteiger partial charge in [0.25, 0.3) is 0 Å². The first-order valence-corrected chi connectivity index (χ1v) is 6.38. The van der Waals surface area contributed by atoms with Gasteiger partial charge in [-0.25, -0.2) is 0 Å². The summed E-state index contributed by atoms with van der Waals surface area (Å²) in [5, 5.41) is 16.6. The van der Waals surface area contributed by atoms with Crippen LogP contribution < -0.4 is 4.74 Å². The van der Waals surface area contributed by atoms with E-state index in [1.165, 1.54) is 0 Å². The third-order valence-electron chi connectivity index (χ3n) is 2.77. The lowest BCUT2D eigenvalue weighted by molar-refractivity contribution is 0.205. The third kappa shape index (κ3) is 2.08. The minimum Gasteiger partial charge on any atom is -0.493 e. The van der Waals surface area contributed by atoms with Crippen LogP contribution in [0.1, 0.15) is 29.2 Å². The molecule has 0 saturated heterocycles. The Balaban J connectivity index is 2.45. The largest absolute Gasteiger partial charge is 0.493 e. The minimum atomic E-state index is -0.674. The fourth-order valence-electron chi connectivity index (χ4n) is 1.85. The summed E-state index contributed by atoms with van der Waals surface area (Å²) in [7, 11) is 1.59. The van der Waals surface area contributed by atoms with Gasteiger partial charge in [0.15, 0.2) is 5.75 Å². The summed E-state index contributed by atoms with van der Waals surface area (Å²) >= 11 is 1.55. The number of rotatable bonds is 4. The number of nitrogens with zero attached hydrogens (tertiary/aromatic N) is 2. The van der Waals surface area contributed by atoms with E-state index in [4.69, 9.17) is 4.74 Å². The molecule has 0 amide bonds. The van der Waals surface area contributed by atoms with E-state index >= 15 is 0 Å². The molecule has 0 radical (unpaired) electrons. The maximum atomic E-state index is 10.4. The van der Waals surface area contributed by atoms with E-state index in [9.17, 15) is 5.11 Å². The maximum absolute atomic E-state index is 10.4. The molecule has 4 nitrogen and oxygen atoms in total. The molecule has 0 aliphatic heterocycles. The van der Waals surface area contributed by atoms with Gasteiger partial charge in [0, 0.05) is 11.4 Å². The Hall–Kier alpha value is -1.33. The van der Waals surface area contributed by atoms with Crippen molar-refractivity contribution in [1.82, 2.24) is 9.78 Å². The monoisotopic (exact) mass is 252 g/mol. The molecule has 0 aliphatic rings. The van der Waals surface area contributed by atoms with Crippen LogP contribution in [-0.4, -0.2) is 22.0 Å². The number of ether oxygens (including phenoxy) is 1. The molecular formula is C12H16N2O2S. The van der Waals surface area contributed by atoms with E-state index in [-0.39, 0.29) is 0 Å². The Labute approximate surface area is 104 Å². The van der Waals surface area contributed by atoms with Crippen molar-refractivity contribution in [2.75, 3.05) is 7.11 Å². The molecule has 0 spiro atoms. The number of hydrogen-bond acceptors (Lipinski definition) is 4. The highest BCUT2D eigenvalue weighted by atomic mass is 32.1. The first kappa shape index (κ1) is 12.1. The van der Waals surface area contributed by atoms with Crippen LogP contribution in [0.25, 0.3) is 0 Å². The predicted molar refractivity (Wildman–Crippen MR) is 67.6 cm³/mol. The smallest absolute Gasteiger partial charge is 0.163 e. The summed E-state index contributed by atoms with van der Waals surface area (Å²) in [6.45, 7) is 4.69. The van der Waals surface area contributed by atoms with Gasteiger partial charge < -0.3 is 9.84 Å². The molecular weight excluding hydrogens is 236 g/mol.